The zero-order valence-corrected chi connectivity index (χ0v) is 11.7. The highest BCUT2D eigenvalue weighted by molar-refractivity contribution is 8.00. The predicted molar refractivity (Wildman–Crippen MR) is 71.4 cm³/mol. The van der Waals surface area contributed by atoms with Crippen LogP contribution in [0.4, 0.5) is 0 Å². The van der Waals surface area contributed by atoms with E-state index in [1.807, 2.05) is 18.7 Å². The van der Waals surface area contributed by atoms with Gasteiger partial charge in [0.2, 0.25) is 0 Å². The molecule has 1 aliphatic heterocycles. The maximum atomic E-state index is 10.6. The summed E-state index contributed by atoms with van der Waals surface area (Å²) in [6, 6.07) is 0. The van der Waals surface area contributed by atoms with Gasteiger partial charge in [-0.3, -0.25) is 0 Å². The minimum Gasteiger partial charge on any atom is -0.388 e. The van der Waals surface area contributed by atoms with Crippen molar-refractivity contribution in [3.63, 3.8) is 0 Å². The van der Waals surface area contributed by atoms with Crippen LogP contribution in [0.1, 0.15) is 35.3 Å². The van der Waals surface area contributed by atoms with E-state index in [1.54, 1.807) is 11.3 Å². The second kappa shape index (κ2) is 4.67. The first kappa shape index (κ1) is 12.4. The molecular weight excluding hydrogens is 238 g/mol. The zero-order valence-electron chi connectivity index (χ0n) is 10.1. The summed E-state index contributed by atoms with van der Waals surface area (Å²) in [5.41, 5.74) is 0.569. The molecule has 0 spiro atoms. The first-order chi connectivity index (χ1) is 7.51. The Labute approximate surface area is 105 Å². The average molecular weight is 257 g/mol. The zero-order chi connectivity index (χ0) is 11.8. The largest absolute Gasteiger partial charge is 0.388 e. The molecule has 2 nitrogen and oxygen atoms in total. The van der Waals surface area contributed by atoms with Crippen LogP contribution in [-0.2, 0) is 6.42 Å². The van der Waals surface area contributed by atoms with Crippen LogP contribution >= 0.6 is 23.1 Å². The van der Waals surface area contributed by atoms with E-state index >= 15 is 0 Å². The number of thioether (sulfide) groups is 1. The summed E-state index contributed by atoms with van der Waals surface area (Å²) in [7, 11) is 0. The lowest BCUT2D eigenvalue weighted by Gasteiger charge is -2.37. The molecule has 0 saturated carbocycles. The molecule has 90 valence electrons. The molecule has 0 amide bonds. The van der Waals surface area contributed by atoms with Crippen LogP contribution in [0, 0.1) is 13.8 Å². The van der Waals surface area contributed by atoms with Gasteiger partial charge in [-0.15, -0.1) is 11.3 Å². The van der Waals surface area contributed by atoms with E-state index in [4.69, 9.17) is 0 Å². The molecule has 1 aromatic heterocycles. The minimum atomic E-state index is -0.542. The first-order valence-electron chi connectivity index (χ1n) is 5.78. The van der Waals surface area contributed by atoms with Gasteiger partial charge in [0.05, 0.1) is 16.3 Å². The molecule has 1 saturated heterocycles. The van der Waals surface area contributed by atoms with Crippen LogP contribution in [0.25, 0.3) is 0 Å². The molecule has 0 aromatic carbocycles. The van der Waals surface area contributed by atoms with Gasteiger partial charge >= 0.3 is 0 Å². The number of hydrogen-bond donors (Lipinski definition) is 1. The maximum absolute atomic E-state index is 10.6. The van der Waals surface area contributed by atoms with Crippen molar-refractivity contribution < 1.29 is 5.11 Å². The molecular formula is C12H19NOS2. The van der Waals surface area contributed by atoms with Gasteiger partial charge in [-0.1, -0.05) is 6.92 Å². The van der Waals surface area contributed by atoms with Gasteiger partial charge in [0.15, 0.2) is 0 Å². The molecule has 2 atom stereocenters. The summed E-state index contributed by atoms with van der Waals surface area (Å²) in [5.74, 6) is 1.18. The summed E-state index contributed by atoms with van der Waals surface area (Å²) in [5, 5.41) is 12.1. The Hall–Kier alpha value is -0.0600. The normalized spacial score (nSPS) is 30.6. The fourth-order valence-electron chi connectivity index (χ4n) is 2.11. The molecule has 0 radical (unpaired) electrons. The number of aryl methyl sites for hydroxylation is 2. The quantitative estimate of drug-likeness (QED) is 0.884. The third-order valence-electron chi connectivity index (χ3n) is 3.41. The van der Waals surface area contributed by atoms with Crippen LogP contribution in [0.5, 0.6) is 0 Å². The van der Waals surface area contributed by atoms with Gasteiger partial charge in [0.25, 0.3) is 0 Å². The van der Waals surface area contributed by atoms with Crippen molar-refractivity contribution in [2.24, 2.45) is 0 Å². The number of aliphatic hydroxyl groups is 1. The Morgan fingerprint density at radius 1 is 1.50 bits per heavy atom. The van der Waals surface area contributed by atoms with Gasteiger partial charge in [-0.25, -0.2) is 4.98 Å². The second-order valence-corrected chi connectivity index (χ2v) is 7.38. The minimum absolute atomic E-state index is 0.325. The summed E-state index contributed by atoms with van der Waals surface area (Å²) >= 11 is 3.61. The van der Waals surface area contributed by atoms with E-state index in [-0.39, 0.29) is 0 Å². The molecule has 2 heterocycles. The van der Waals surface area contributed by atoms with E-state index < -0.39 is 5.60 Å². The molecule has 2 unspecified atom stereocenters. The highest BCUT2D eigenvalue weighted by Crippen LogP contribution is 2.37. The highest BCUT2D eigenvalue weighted by atomic mass is 32.2. The molecule has 4 heteroatoms. The van der Waals surface area contributed by atoms with E-state index in [9.17, 15) is 5.11 Å². The topological polar surface area (TPSA) is 33.1 Å². The number of thiazole rings is 1. The number of aromatic nitrogens is 1. The Balaban J connectivity index is 2.13. The van der Waals surface area contributed by atoms with E-state index in [0.29, 0.717) is 5.25 Å². The lowest BCUT2D eigenvalue weighted by atomic mass is 9.90. The monoisotopic (exact) mass is 257 g/mol. The predicted octanol–water partition coefficient (Wildman–Crippen LogP) is 2.95. The van der Waals surface area contributed by atoms with Crippen molar-refractivity contribution in [3.05, 3.63) is 15.6 Å². The van der Waals surface area contributed by atoms with E-state index in [0.717, 1.165) is 30.0 Å². The van der Waals surface area contributed by atoms with Crippen LogP contribution in [0.2, 0.25) is 0 Å². The third kappa shape index (κ3) is 2.44. The molecule has 2 rings (SSSR count). The fourth-order valence-corrected chi connectivity index (χ4v) is 4.33. The standard InChI is InChI=1S/C12H19NOS2/c1-8-9(2)16-11(13-8)7-12(14)5-4-6-15-10(12)3/h10,14H,4-7H2,1-3H3. The summed E-state index contributed by atoms with van der Waals surface area (Å²) in [4.78, 5) is 5.81. The van der Waals surface area contributed by atoms with Crippen molar-refractivity contribution in [3.8, 4) is 0 Å². The van der Waals surface area contributed by atoms with Gasteiger partial charge in [0.1, 0.15) is 0 Å². The Morgan fingerprint density at radius 3 is 2.81 bits per heavy atom. The number of rotatable bonds is 2. The van der Waals surface area contributed by atoms with Crippen molar-refractivity contribution in [2.45, 2.75) is 50.9 Å². The summed E-state index contributed by atoms with van der Waals surface area (Å²) < 4.78 is 0. The Bertz CT molecular complexity index is 358. The Kier molecular flexibility index (Phi) is 3.62. The van der Waals surface area contributed by atoms with Gasteiger partial charge < -0.3 is 5.11 Å². The molecule has 16 heavy (non-hydrogen) atoms. The second-order valence-electron chi connectivity index (χ2n) is 4.65. The molecule has 1 aromatic rings. The van der Waals surface area contributed by atoms with Gasteiger partial charge in [-0.05, 0) is 32.4 Å². The third-order valence-corrected chi connectivity index (χ3v) is 5.94. The van der Waals surface area contributed by atoms with Gasteiger partial charge in [0, 0.05) is 16.5 Å². The molecule has 1 aliphatic rings. The molecule has 0 aliphatic carbocycles. The van der Waals surface area contributed by atoms with Crippen LogP contribution in [0.3, 0.4) is 0 Å². The lowest BCUT2D eigenvalue weighted by molar-refractivity contribution is 0.0297. The van der Waals surface area contributed by atoms with Crippen molar-refractivity contribution in [1.82, 2.24) is 4.98 Å². The maximum Gasteiger partial charge on any atom is 0.0959 e. The van der Waals surface area contributed by atoms with Crippen LogP contribution < -0.4 is 0 Å². The molecule has 1 N–H and O–H groups in total. The van der Waals surface area contributed by atoms with E-state index in [2.05, 4.69) is 18.8 Å². The van der Waals surface area contributed by atoms with Crippen LogP contribution in [0.15, 0.2) is 0 Å². The number of hydrogen-bond acceptors (Lipinski definition) is 4. The SMILES string of the molecule is Cc1nc(CC2(O)CCCSC2C)sc1C. The smallest absolute Gasteiger partial charge is 0.0959 e. The van der Waals surface area contributed by atoms with E-state index in [1.165, 1.54) is 10.6 Å². The highest BCUT2D eigenvalue weighted by Gasteiger charge is 2.37. The van der Waals surface area contributed by atoms with Crippen LogP contribution in [-0.4, -0.2) is 26.7 Å². The van der Waals surface area contributed by atoms with Crippen molar-refractivity contribution in [2.75, 3.05) is 5.75 Å². The summed E-state index contributed by atoms with van der Waals surface area (Å²) in [6.45, 7) is 6.27. The van der Waals surface area contributed by atoms with Gasteiger partial charge in [-0.2, -0.15) is 11.8 Å². The first-order valence-corrected chi connectivity index (χ1v) is 7.65. The number of nitrogens with zero attached hydrogens (tertiary/aromatic N) is 1. The van der Waals surface area contributed by atoms with Crippen molar-refractivity contribution >= 4 is 23.1 Å². The Morgan fingerprint density at radius 2 is 2.25 bits per heavy atom. The van der Waals surface area contributed by atoms with Crippen molar-refractivity contribution in [1.29, 1.82) is 0 Å². The molecule has 1 fully saturated rings. The summed E-state index contributed by atoms with van der Waals surface area (Å²) in [6.07, 6.45) is 2.76. The molecule has 0 bridgehead atoms. The lowest BCUT2D eigenvalue weighted by Crippen LogP contribution is -2.43. The fraction of sp³-hybridized carbons (Fsp3) is 0.750. The average Bonchev–Trinajstić information content (AvgIpc) is 2.51.